The minimum absolute atomic E-state index is 0.0647. The van der Waals surface area contributed by atoms with Gasteiger partial charge in [-0.1, -0.05) is 35.8 Å². The fraction of sp³-hybridized carbons (Fsp3) is 0.364. The lowest BCUT2D eigenvalue weighted by atomic mass is 9.94. The summed E-state index contributed by atoms with van der Waals surface area (Å²) in [4.78, 5) is 22.6. The van der Waals surface area contributed by atoms with Crippen LogP contribution in [0.2, 0.25) is 0 Å². The Hall–Kier alpha value is -2.76. The molecule has 1 aliphatic rings. The van der Waals surface area contributed by atoms with Crippen LogP contribution in [0.3, 0.4) is 0 Å². The van der Waals surface area contributed by atoms with Gasteiger partial charge in [-0.25, -0.2) is 9.78 Å². The van der Waals surface area contributed by atoms with Crippen LogP contribution >= 0.6 is 0 Å². The van der Waals surface area contributed by atoms with Gasteiger partial charge in [-0.2, -0.15) is 0 Å². The maximum atomic E-state index is 12.6. The highest BCUT2D eigenvalue weighted by molar-refractivity contribution is 6.32. The lowest BCUT2D eigenvalue weighted by Crippen LogP contribution is -2.36. The van der Waals surface area contributed by atoms with E-state index in [0.717, 1.165) is 35.3 Å². The third-order valence-corrected chi connectivity index (χ3v) is 5.08. The van der Waals surface area contributed by atoms with E-state index in [2.05, 4.69) is 49.2 Å². The zero-order valence-electron chi connectivity index (χ0n) is 17.0. The number of carbonyl (C=O) groups is 1. The molecule has 0 unspecified atom stereocenters. The Morgan fingerprint density at radius 1 is 1.18 bits per heavy atom. The Morgan fingerprint density at radius 3 is 2.61 bits per heavy atom. The van der Waals surface area contributed by atoms with Gasteiger partial charge in [0.25, 0.3) is 0 Å². The molecule has 4 rings (SSSR count). The maximum absolute atomic E-state index is 12.6. The fourth-order valence-corrected chi connectivity index (χ4v) is 3.70. The van der Waals surface area contributed by atoms with Crippen LogP contribution in [-0.4, -0.2) is 41.0 Å². The first kappa shape index (κ1) is 18.6. The van der Waals surface area contributed by atoms with E-state index in [9.17, 15) is 4.79 Å². The predicted molar refractivity (Wildman–Crippen MR) is 115 cm³/mol. The Morgan fingerprint density at radius 2 is 1.89 bits per heavy atom. The predicted octanol–water partition coefficient (Wildman–Crippen LogP) is 3.56. The number of aromatic amines is 1. The zero-order valence-corrected chi connectivity index (χ0v) is 17.0. The van der Waals surface area contributed by atoms with Crippen molar-refractivity contribution in [3.8, 4) is 11.1 Å². The molecule has 5 nitrogen and oxygen atoms in total. The first-order chi connectivity index (χ1) is 13.3. The van der Waals surface area contributed by atoms with E-state index in [0.29, 0.717) is 6.54 Å². The summed E-state index contributed by atoms with van der Waals surface area (Å²) in [5.74, 6) is 0.833. The van der Waals surface area contributed by atoms with Crippen molar-refractivity contribution in [2.45, 2.75) is 45.3 Å². The SMILES string of the molecule is Bc1ccc(-c2ccc3nc([C@@H]4CCCN4C(=O)OC(C)(C)C)[nH]c3c2)cc1. The molecule has 2 aromatic carbocycles. The third-order valence-electron chi connectivity index (χ3n) is 5.08. The van der Waals surface area contributed by atoms with Crippen molar-refractivity contribution in [1.29, 1.82) is 0 Å². The number of nitrogens with one attached hydrogen (secondary N) is 1. The van der Waals surface area contributed by atoms with Gasteiger partial charge in [-0.05, 0) is 56.9 Å². The van der Waals surface area contributed by atoms with E-state index in [-0.39, 0.29) is 12.1 Å². The number of hydrogen-bond donors (Lipinski definition) is 1. The number of benzene rings is 2. The summed E-state index contributed by atoms with van der Waals surface area (Å²) in [7, 11) is 2.09. The number of likely N-dealkylation sites (tertiary alicyclic amines) is 1. The molecule has 1 N–H and O–H groups in total. The number of fused-ring (bicyclic) bond motifs is 1. The van der Waals surface area contributed by atoms with Gasteiger partial charge in [-0.15, -0.1) is 0 Å². The number of amides is 1. The number of hydrogen-bond acceptors (Lipinski definition) is 3. The van der Waals surface area contributed by atoms with Gasteiger partial charge in [0.05, 0.1) is 17.1 Å². The summed E-state index contributed by atoms with van der Waals surface area (Å²) in [6.45, 7) is 6.38. The summed E-state index contributed by atoms with van der Waals surface area (Å²) >= 11 is 0. The number of H-pyrrole nitrogens is 1. The third kappa shape index (κ3) is 3.77. The van der Waals surface area contributed by atoms with E-state index >= 15 is 0 Å². The van der Waals surface area contributed by atoms with Crippen LogP contribution in [0, 0.1) is 0 Å². The van der Waals surface area contributed by atoms with Crippen molar-refractivity contribution in [2.75, 3.05) is 6.54 Å². The Kier molecular flexibility index (Phi) is 4.65. The van der Waals surface area contributed by atoms with E-state index in [1.54, 1.807) is 4.90 Å². The van der Waals surface area contributed by atoms with E-state index in [1.165, 1.54) is 11.0 Å². The second-order valence-corrected chi connectivity index (χ2v) is 8.55. The summed E-state index contributed by atoms with van der Waals surface area (Å²) in [5, 5.41) is 0. The minimum Gasteiger partial charge on any atom is -0.444 e. The minimum atomic E-state index is -0.499. The van der Waals surface area contributed by atoms with Gasteiger partial charge >= 0.3 is 6.09 Å². The molecule has 6 heteroatoms. The van der Waals surface area contributed by atoms with Crippen LogP contribution in [0.4, 0.5) is 4.79 Å². The van der Waals surface area contributed by atoms with Gasteiger partial charge in [0.2, 0.25) is 0 Å². The van der Waals surface area contributed by atoms with E-state index < -0.39 is 5.60 Å². The average molecular weight is 375 g/mol. The van der Waals surface area contributed by atoms with Crippen LogP contribution in [0.5, 0.6) is 0 Å². The Balaban J connectivity index is 1.62. The molecular formula is C22H26BN3O2. The normalized spacial score (nSPS) is 17.2. The van der Waals surface area contributed by atoms with Crippen LogP contribution in [0.25, 0.3) is 22.2 Å². The molecule has 0 spiro atoms. The van der Waals surface area contributed by atoms with Gasteiger partial charge in [0, 0.05) is 6.54 Å². The highest BCUT2D eigenvalue weighted by atomic mass is 16.6. The van der Waals surface area contributed by atoms with Crippen LogP contribution in [-0.2, 0) is 4.74 Å². The van der Waals surface area contributed by atoms with Crippen molar-refractivity contribution < 1.29 is 9.53 Å². The van der Waals surface area contributed by atoms with Crippen molar-refractivity contribution in [1.82, 2.24) is 14.9 Å². The number of imidazole rings is 1. The quantitative estimate of drug-likeness (QED) is 0.697. The molecule has 1 aliphatic heterocycles. The van der Waals surface area contributed by atoms with E-state index in [1.807, 2.05) is 26.8 Å². The number of carbonyl (C=O) groups excluding carboxylic acids is 1. The molecule has 1 atom stereocenters. The molecular weight excluding hydrogens is 349 g/mol. The second kappa shape index (κ2) is 7.00. The van der Waals surface area contributed by atoms with Gasteiger partial charge in [0.15, 0.2) is 0 Å². The summed E-state index contributed by atoms with van der Waals surface area (Å²) < 4.78 is 5.58. The Labute approximate surface area is 166 Å². The first-order valence-electron chi connectivity index (χ1n) is 9.86. The molecule has 28 heavy (non-hydrogen) atoms. The van der Waals surface area contributed by atoms with E-state index in [4.69, 9.17) is 9.72 Å². The summed E-state index contributed by atoms with van der Waals surface area (Å²) in [5.41, 5.74) is 4.99. The van der Waals surface area contributed by atoms with Crippen molar-refractivity contribution >= 4 is 30.4 Å². The first-order valence-corrected chi connectivity index (χ1v) is 9.86. The van der Waals surface area contributed by atoms with Crippen LogP contribution in [0.15, 0.2) is 42.5 Å². The van der Waals surface area contributed by atoms with Gasteiger partial charge in [-0.3, -0.25) is 4.90 Å². The lowest BCUT2D eigenvalue weighted by Gasteiger charge is -2.27. The molecule has 1 aromatic heterocycles. The second-order valence-electron chi connectivity index (χ2n) is 8.55. The molecule has 1 saturated heterocycles. The summed E-state index contributed by atoms with van der Waals surface area (Å²) in [6.07, 6.45) is 1.58. The number of ether oxygens (including phenoxy) is 1. The highest BCUT2D eigenvalue weighted by Crippen LogP contribution is 2.33. The number of rotatable bonds is 2. The van der Waals surface area contributed by atoms with Crippen molar-refractivity contribution in [2.24, 2.45) is 0 Å². The van der Waals surface area contributed by atoms with Gasteiger partial charge in [0.1, 0.15) is 19.3 Å². The van der Waals surface area contributed by atoms with Crippen LogP contribution in [0.1, 0.15) is 45.5 Å². The maximum Gasteiger partial charge on any atom is 0.410 e. The molecule has 2 heterocycles. The molecule has 0 saturated carbocycles. The molecule has 1 fully saturated rings. The summed E-state index contributed by atoms with van der Waals surface area (Å²) in [6, 6.07) is 14.7. The van der Waals surface area contributed by atoms with Crippen molar-refractivity contribution in [3.05, 3.63) is 48.3 Å². The smallest absolute Gasteiger partial charge is 0.410 e. The van der Waals surface area contributed by atoms with Gasteiger partial charge < -0.3 is 9.72 Å². The molecule has 0 aliphatic carbocycles. The Bertz CT molecular complexity index is 1000. The number of aromatic nitrogens is 2. The van der Waals surface area contributed by atoms with Crippen LogP contribution < -0.4 is 5.46 Å². The standard InChI is InChI=1S/C22H26BN3O2/c1-22(2,3)28-21(27)26-12-4-5-19(26)20-24-17-11-8-15(13-18(17)25-20)14-6-9-16(23)10-7-14/h6-11,13,19H,4-5,12,23H2,1-3H3,(H,24,25)/t19-/m0/s1. The fourth-order valence-electron chi connectivity index (χ4n) is 3.70. The molecule has 3 aromatic rings. The largest absolute Gasteiger partial charge is 0.444 e. The zero-order chi connectivity index (χ0) is 19.9. The molecule has 1 amide bonds. The molecule has 144 valence electrons. The topological polar surface area (TPSA) is 58.2 Å². The van der Waals surface area contributed by atoms with Crippen molar-refractivity contribution in [3.63, 3.8) is 0 Å². The molecule has 0 radical (unpaired) electrons. The highest BCUT2D eigenvalue weighted by Gasteiger charge is 2.34. The lowest BCUT2D eigenvalue weighted by molar-refractivity contribution is 0.0219. The monoisotopic (exact) mass is 375 g/mol. The average Bonchev–Trinajstić information content (AvgIpc) is 3.27. The molecule has 0 bridgehead atoms. The number of nitrogens with zero attached hydrogens (tertiary/aromatic N) is 2.